The Hall–Kier alpha value is -0.733. The van der Waals surface area contributed by atoms with Crippen LogP contribution in [0.3, 0.4) is 0 Å². The summed E-state index contributed by atoms with van der Waals surface area (Å²) in [6, 6.07) is 0. The number of carbonyl (C=O) groups is 1. The van der Waals surface area contributed by atoms with Crippen LogP contribution in [0, 0.1) is 11.8 Å². The summed E-state index contributed by atoms with van der Waals surface area (Å²) in [4.78, 5) is 19.7. The van der Waals surface area contributed by atoms with Crippen molar-refractivity contribution < 1.29 is 23.9 Å². The van der Waals surface area contributed by atoms with Gasteiger partial charge < -0.3 is 14.3 Å². The molecule has 36 heavy (non-hydrogen) atoms. The van der Waals surface area contributed by atoms with E-state index in [0.717, 1.165) is 12.8 Å². The minimum Gasteiger partial charge on any atom is -0.460 e. The van der Waals surface area contributed by atoms with E-state index in [4.69, 9.17) is 14.0 Å². The number of aliphatic hydroxyl groups is 1. The predicted octanol–water partition coefficient (Wildman–Crippen LogP) is 6.63. The molecule has 2 rings (SSSR count). The first-order valence-corrected chi connectivity index (χ1v) is 16.7. The fourth-order valence-corrected chi connectivity index (χ4v) is 6.75. The van der Waals surface area contributed by atoms with Crippen LogP contribution in [0.2, 0.25) is 18.1 Å². The number of carbonyl (C=O) groups excluding carboxylic acids is 1. The molecule has 1 N–H and O–H groups in total. The van der Waals surface area contributed by atoms with Crippen LogP contribution in [0.5, 0.6) is 0 Å². The SMILES string of the molecule is CC(/C=C/[C@H]1[C@H](C(=O)OC(C)(C)C)[C@H](O)C[C@H]1O[Si](C)(C)C(C)(C)C)ON1C(C)(C)CCCC1(C)C. The molecule has 6 nitrogen and oxygen atoms in total. The van der Waals surface area contributed by atoms with Gasteiger partial charge in [0.25, 0.3) is 0 Å². The van der Waals surface area contributed by atoms with Crippen molar-refractivity contribution in [1.82, 2.24) is 5.06 Å². The molecule has 1 aliphatic carbocycles. The summed E-state index contributed by atoms with van der Waals surface area (Å²) in [6.07, 6.45) is 6.62. The zero-order valence-electron chi connectivity index (χ0n) is 25.4. The van der Waals surface area contributed by atoms with E-state index >= 15 is 0 Å². The third kappa shape index (κ3) is 7.65. The average Bonchev–Trinajstić information content (AvgIpc) is 2.94. The molecule has 1 unspecified atom stereocenters. The topological polar surface area (TPSA) is 68.2 Å². The Morgan fingerprint density at radius 3 is 2.06 bits per heavy atom. The Morgan fingerprint density at radius 2 is 1.58 bits per heavy atom. The minimum atomic E-state index is -2.12. The van der Waals surface area contributed by atoms with Crippen molar-refractivity contribution in [3.63, 3.8) is 0 Å². The van der Waals surface area contributed by atoms with Gasteiger partial charge in [0.05, 0.1) is 24.2 Å². The normalized spacial score (nSPS) is 30.5. The van der Waals surface area contributed by atoms with Crippen LogP contribution in [0.15, 0.2) is 12.2 Å². The lowest BCUT2D eigenvalue weighted by Gasteiger charge is -2.52. The summed E-state index contributed by atoms with van der Waals surface area (Å²) in [5.74, 6) is -1.31. The van der Waals surface area contributed by atoms with Gasteiger partial charge in [0.1, 0.15) is 5.60 Å². The summed E-state index contributed by atoms with van der Waals surface area (Å²) in [5.41, 5.74) is -0.730. The first-order chi connectivity index (χ1) is 16.1. The van der Waals surface area contributed by atoms with Crippen molar-refractivity contribution in [2.45, 2.75) is 155 Å². The fraction of sp³-hybridized carbons (Fsp3) is 0.897. The van der Waals surface area contributed by atoms with Crippen molar-refractivity contribution in [2.75, 3.05) is 0 Å². The molecule has 0 amide bonds. The molecule has 1 saturated heterocycles. The molecule has 210 valence electrons. The van der Waals surface area contributed by atoms with Gasteiger partial charge >= 0.3 is 5.97 Å². The summed E-state index contributed by atoms with van der Waals surface area (Å²) >= 11 is 0. The highest BCUT2D eigenvalue weighted by atomic mass is 28.4. The maximum absolute atomic E-state index is 13.2. The second-order valence-electron chi connectivity index (χ2n) is 14.8. The number of nitrogens with zero attached hydrogens (tertiary/aromatic N) is 1. The number of hydrogen-bond acceptors (Lipinski definition) is 6. The van der Waals surface area contributed by atoms with Gasteiger partial charge in [0, 0.05) is 17.0 Å². The number of aliphatic hydroxyl groups excluding tert-OH is 1. The Morgan fingerprint density at radius 1 is 1.06 bits per heavy atom. The Labute approximate surface area is 222 Å². The van der Waals surface area contributed by atoms with E-state index in [0.29, 0.717) is 6.42 Å². The van der Waals surface area contributed by atoms with Gasteiger partial charge in [-0.2, -0.15) is 5.06 Å². The Bertz CT molecular complexity index is 776. The van der Waals surface area contributed by atoms with Crippen LogP contribution < -0.4 is 0 Å². The van der Waals surface area contributed by atoms with Crippen LogP contribution in [-0.2, 0) is 18.8 Å². The maximum atomic E-state index is 13.2. The molecule has 0 aromatic heterocycles. The Balaban J connectivity index is 2.31. The molecule has 0 radical (unpaired) electrons. The monoisotopic (exact) mass is 525 g/mol. The largest absolute Gasteiger partial charge is 0.460 e. The minimum absolute atomic E-state index is 0.0258. The molecule has 0 aromatic rings. The third-order valence-corrected chi connectivity index (χ3v) is 12.7. The molecule has 1 saturated carbocycles. The lowest BCUT2D eigenvalue weighted by molar-refractivity contribution is -0.293. The molecule has 1 aliphatic heterocycles. The number of piperidine rings is 1. The maximum Gasteiger partial charge on any atom is 0.312 e. The molecular weight excluding hydrogens is 470 g/mol. The van der Waals surface area contributed by atoms with E-state index in [2.05, 4.69) is 66.6 Å². The lowest BCUT2D eigenvalue weighted by Crippen LogP contribution is -2.59. The molecule has 5 atom stereocenters. The second kappa shape index (κ2) is 10.8. The summed E-state index contributed by atoms with van der Waals surface area (Å²) in [6.45, 7) is 27.6. The quantitative estimate of drug-likeness (QED) is 0.228. The van der Waals surface area contributed by atoms with Gasteiger partial charge in [-0.1, -0.05) is 32.9 Å². The number of hydroxylamine groups is 2. The van der Waals surface area contributed by atoms with Crippen molar-refractivity contribution in [3.8, 4) is 0 Å². The molecule has 0 aromatic carbocycles. The van der Waals surface area contributed by atoms with E-state index in [-0.39, 0.29) is 40.2 Å². The van der Waals surface area contributed by atoms with Crippen LogP contribution in [0.25, 0.3) is 0 Å². The highest BCUT2D eigenvalue weighted by Gasteiger charge is 2.51. The summed E-state index contributed by atoms with van der Waals surface area (Å²) in [7, 11) is -2.12. The number of rotatable bonds is 7. The summed E-state index contributed by atoms with van der Waals surface area (Å²) in [5, 5.41) is 13.2. The van der Waals surface area contributed by atoms with Crippen LogP contribution >= 0.6 is 0 Å². The van der Waals surface area contributed by atoms with Crippen molar-refractivity contribution in [1.29, 1.82) is 0 Å². The lowest BCUT2D eigenvalue weighted by atomic mass is 9.82. The highest BCUT2D eigenvalue weighted by molar-refractivity contribution is 6.74. The number of hydrogen-bond donors (Lipinski definition) is 1. The van der Waals surface area contributed by atoms with Gasteiger partial charge in [0.2, 0.25) is 0 Å². The third-order valence-electron chi connectivity index (χ3n) is 8.22. The molecule has 1 heterocycles. The number of ether oxygens (including phenoxy) is 1. The van der Waals surface area contributed by atoms with Crippen molar-refractivity contribution >= 4 is 14.3 Å². The molecule has 0 spiro atoms. The predicted molar refractivity (Wildman–Crippen MR) is 149 cm³/mol. The van der Waals surface area contributed by atoms with Gasteiger partial charge in [-0.25, -0.2) is 0 Å². The molecule has 0 bridgehead atoms. The fourth-order valence-electron chi connectivity index (χ4n) is 5.39. The van der Waals surface area contributed by atoms with Gasteiger partial charge in [-0.15, -0.1) is 0 Å². The first-order valence-electron chi connectivity index (χ1n) is 13.8. The van der Waals surface area contributed by atoms with Crippen LogP contribution in [-0.4, -0.2) is 59.4 Å². The van der Waals surface area contributed by atoms with Crippen LogP contribution in [0.1, 0.15) is 102 Å². The van der Waals surface area contributed by atoms with Gasteiger partial charge in [-0.3, -0.25) is 9.63 Å². The Kier molecular flexibility index (Phi) is 9.44. The molecule has 2 aliphatic rings. The molecular formula is C29H55NO5Si. The van der Waals surface area contributed by atoms with Gasteiger partial charge in [0.15, 0.2) is 8.32 Å². The smallest absolute Gasteiger partial charge is 0.312 e. The van der Waals surface area contributed by atoms with Gasteiger partial charge in [-0.05, 0) is 99.2 Å². The van der Waals surface area contributed by atoms with E-state index in [1.165, 1.54) is 6.42 Å². The molecule has 2 fully saturated rings. The van der Waals surface area contributed by atoms with E-state index < -0.39 is 25.9 Å². The van der Waals surface area contributed by atoms with Crippen molar-refractivity contribution in [3.05, 3.63) is 12.2 Å². The van der Waals surface area contributed by atoms with E-state index in [1.54, 1.807) is 0 Å². The zero-order chi connectivity index (χ0) is 27.9. The van der Waals surface area contributed by atoms with E-state index in [1.807, 2.05) is 39.8 Å². The summed E-state index contributed by atoms with van der Waals surface area (Å²) < 4.78 is 12.5. The highest BCUT2D eigenvalue weighted by Crippen LogP contribution is 2.44. The average molecular weight is 526 g/mol. The second-order valence-corrected chi connectivity index (χ2v) is 19.6. The standard InChI is InChI=1S/C29H55NO5Si/c1-20(34-30-28(8,9)17-14-18-29(30,10)11)15-16-21-23(35-36(12,13)27(5,6)7)19-22(31)24(21)25(32)33-26(2,3)4/h15-16,20-24,31H,14,17-19H2,1-13H3/b16-15+/t20?,21-,22-,23-,24+/m1/s1. The van der Waals surface area contributed by atoms with E-state index in [9.17, 15) is 9.90 Å². The number of esters is 1. The molecule has 7 heteroatoms. The first kappa shape index (κ1) is 31.5. The zero-order valence-corrected chi connectivity index (χ0v) is 26.4. The van der Waals surface area contributed by atoms with Crippen molar-refractivity contribution in [2.24, 2.45) is 11.8 Å². The van der Waals surface area contributed by atoms with Crippen LogP contribution in [0.4, 0.5) is 0 Å².